The zero-order valence-electron chi connectivity index (χ0n) is 37.8. The summed E-state index contributed by atoms with van der Waals surface area (Å²) in [5.41, 5.74) is 0. The highest BCUT2D eigenvalue weighted by Gasteiger charge is 2.51. The van der Waals surface area contributed by atoms with E-state index in [-0.39, 0.29) is 19.0 Å². The molecule has 0 amide bonds. The van der Waals surface area contributed by atoms with E-state index in [0.717, 1.165) is 38.5 Å². The van der Waals surface area contributed by atoms with Crippen LogP contribution in [0.1, 0.15) is 219 Å². The fourth-order valence-corrected chi connectivity index (χ4v) is 8.56. The van der Waals surface area contributed by atoms with Gasteiger partial charge in [0.15, 0.2) is 6.10 Å². The summed E-state index contributed by atoms with van der Waals surface area (Å²) in [5.74, 6) is -1.08. The van der Waals surface area contributed by atoms with Crippen LogP contribution in [0, 0.1) is 0 Å². The molecule has 358 valence electrons. The number of hydrogen-bond acceptors (Lipinski definition) is 13. The second kappa shape index (κ2) is 38.3. The summed E-state index contributed by atoms with van der Waals surface area (Å²) < 4.78 is 33.6. The number of ether oxygens (including phenoxy) is 2. The lowest BCUT2D eigenvalue weighted by molar-refractivity contribution is -0.220. The summed E-state index contributed by atoms with van der Waals surface area (Å²) in [6.07, 6.45) is 22.9. The number of aliphatic hydroxyl groups excluding tert-OH is 5. The van der Waals surface area contributed by atoms with Crippen molar-refractivity contribution in [1.29, 1.82) is 0 Å². The fourth-order valence-electron chi connectivity index (χ4n) is 7.58. The van der Waals surface area contributed by atoms with Crippen LogP contribution in [0.3, 0.4) is 0 Å². The molecule has 0 radical (unpaired) electrons. The van der Waals surface area contributed by atoms with Crippen LogP contribution in [0.15, 0.2) is 0 Å². The van der Waals surface area contributed by atoms with Crippen LogP contribution in [0.5, 0.6) is 0 Å². The first kappa shape index (κ1) is 58.8. The standard InChI is InChI=1S/C45H87O13P.H3N/c1-3-5-7-9-11-13-15-17-19-21-23-25-27-29-31-33-38(46)55-35-37(36-56-59(53,54)58-45-43(51)41(49)40(48)42(50)44(45)52)57-39(47)34-32-30-28-26-24-22-20-18-16-14-12-10-8-6-4-2;/h37,40-45,48-52H,3-36H2,1-2H3,(H,53,54);1H3/t37-,40?,41-,42+,43-,44-,45?;/m1./s1. The maximum Gasteiger partial charge on any atom is 0.472 e. The highest BCUT2D eigenvalue weighted by molar-refractivity contribution is 7.47. The van der Waals surface area contributed by atoms with Gasteiger partial charge in [0.1, 0.15) is 43.2 Å². The molecule has 15 heteroatoms. The molecule has 9 N–H and O–H groups in total. The van der Waals surface area contributed by atoms with E-state index in [0.29, 0.717) is 12.8 Å². The van der Waals surface area contributed by atoms with Crippen molar-refractivity contribution in [2.45, 2.75) is 262 Å². The molecule has 0 aromatic heterocycles. The lowest BCUT2D eigenvalue weighted by atomic mass is 9.85. The number of carbonyl (C=O) groups excluding carboxylic acids is 2. The first-order chi connectivity index (χ1) is 28.4. The Labute approximate surface area is 363 Å². The van der Waals surface area contributed by atoms with Crippen LogP contribution in [0.2, 0.25) is 0 Å². The maximum absolute atomic E-state index is 12.8. The average Bonchev–Trinajstić information content (AvgIpc) is 3.21. The molecule has 0 aromatic rings. The Bertz CT molecular complexity index is 1060. The first-order valence-corrected chi connectivity index (χ1v) is 25.3. The Hall–Kier alpha value is -1.19. The van der Waals surface area contributed by atoms with Gasteiger partial charge in [-0.25, -0.2) is 4.57 Å². The second-order valence-electron chi connectivity index (χ2n) is 17.0. The van der Waals surface area contributed by atoms with Crippen LogP contribution >= 0.6 is 7.82 Å². The van der Waals surface area contributed by atoms with Gasteiger partial charge in [-0.3, -0.25) is 18.6 Å². The van der Waals surface area contributed by atoms with Crippen molar-refractivity contribution >= 4 is 19.8 Å². The predicted molar refractivity (Wildman–Crippen MR) is 236 cm³/mol. The third-order valence-electron chi connectivity index (χ3n) is 11.4. The zero-order chi connectivity index (χ0) is 43.6. The first-order valence-electron chi connectivity index (χ1n) is 23.8. The molecule has 1 aliphatic carbocycles. The summed E-state index contributed by atoms with van der Waals surface area (Å²) >= 11 is 0. The Balaban J connectivity index is 0.0000348. The van der Waals surface area contributed by atoms with Crippen molar-refractivity contribution in [3.8, 4) is 0 Å². The number of esters is 2. The van der Waals surface area contributed by atoms with Crippen molar-refractivity contribution in [3.05, 3.63) is 0 Å². The van der Waals surface area contributed by atoms with E-state index in [1.165, 1.54) is 141 Å². The topological polar surface area (TPSA) is 245 Å². The molecule has 1 rings (SSSR count). The molecule has 0 aliphatic heterocycles. The smallest absolute Gasteiger partial charge is 0.462 e. The minimum atomic E-state index is -5.11. The minimum Gasteiger partial charge on any atom is -0.462 e. The highest BCUT2D eigenvalue weighted by Crippen LogP contribution is 2.47. The van der Waals surface area contributed by atoms with Crippen LogP contribution in [0.4, 0.5) is 0 Å². The van der Waals surface area contributed by atoms with E-state index in [4.69, 9.17) is 18.5 Å². The number of aliphatic hydroxyl groups is 5. The van der Waals surface area contributed by atoms with Gasteiger partial charge in [0, 0.05) is 12.8 Å². The van der Waals surface area contributed by atoms with Gasteiger partial charge in [-0.05, 0) is 12.8 Å². The second-order valence-corrected chi connectivity index (χ2v) is 18.4. The molecule has 1 fully saturated rings. The highest BCUT2D eigenvalue weighted by atomic mass is 31.2. The Morgan fingerprint density at radius 2 is 0.767 bits per heavy atom. The Kier molecular flexibility index (Phi) is 37.5. The predicted octanol–water partition coefficient (Wildman–Crippen LogP) is 9.45. The molecule has 0 bridgehead atoms. The minimum absolute atomic E-state index is 0. The SMILES string of the molecule is CCCCCCCCCCCCCCCCCC(=O)OC[C@H](COP(=O)(O)OC1[C@H](O)[C@H](O)C(O)[C@H](O)[C@H]1O)OC(=O)CCCCCCCCCCCCCCCCC.N. The molecule has 0 saturated heterocycles. The van der Waals surface area contributed by atoms with Crippen LogP contribution in [-0.4, -0.2) is 98.3 Å². The van der Waals surface area contributed by atoms with Gasteiger partial charge < -0.3 is 46.1 Å². The van der Waals surface area contributed by atoms with Gasteiger partial charge in [0.05, 0.1) is 6.61 Å². The summed E-state index contributed by atoms with van der Waals surface area (Å²) in [4.78, 5) is 35.7. The maximum atomic E-state index is 12.8. The Morgan fingerprint density at radius 1 is 0.467 bits per heavy atom. The zero-order valence-corrected chi connectivity index (χ0v) is 38.7. The van der Waals surface area contributed by atoms with E-state index in [1.807, 2.05) is 0 Å². The molecule has 60 heavy (non-hydrogen) atoms. The summed E-state index contributed by atoms with van der Waals surface area (Å²) in [6, 6.07) is 0. The number of hydrogen-bond donors (Lipinski definition) is 7. The van der Waals surface area contributed by atoms with E-state index < -0.39 is 75.7 Å². The van der Waals surface area contributed by atoms with Crippen molar-refractivity contribution in [3.63, 3.8) is 0 Å². The largest absolute Gasteiger partial charge is 0.472 e. The number of carbonyl (C=O) groups is 2. The summed E-state index contributed by atoms with van der Waals surface area (Å²) in [5, 5.41) is 50.1. The molecule has 0 heterocycles. The number of unbranched alkanes of at least 4 members (excludes halogenated alkanes) is 28. The number of phosphoric acid groups is 1. The normalized spacial score (nSPS) is 21.9. The molecule has 0 aromatic carbocycles. The van der Waals surface area contributed by atoms with E-state index in [9.17, 15) is 44.6 Å². The quantitative estimate of drug-likeness (QED) is 0.0172. The molecule has 8 atom stereocenters. The van der Waals surface area contributed by atoms with Crippen molar-refractivity contribution in [2.24, 2.45) is 0 Å². The van der Waals surface area contributed by atoms with Crippen molar-refractivity contribution < 1.29 is 63.1 Å². The van der Waals surface area contributed by atoms with Crippen LogP contribution in [-0.2, 0) is 32.7 Å². The Morgan fingerprint density at radius 3 is 1.12 bits per heavy atom. The fraction of sp³-hybridized carbons (Fsp3) is 0.956. The van der Waals surface area contributed by atoms with Crippen molar-refractivity contribution in [1.82, 2.24) is 6.15 Å². The van der Waals surface area contributed by atoms with Gasteiger partial charge in [-0.1, -0.05) is 194 Å². The summed E-state index contributed by atoms with van der Waals surface area (Å²) in [6.45, 7) is 3.33. The molecule has 0 spiro atoms. The monoisotopic (exact) mass is 884 g/mol. The van der Waals surface area contributed by atoms with Gasteiger partial charge in [0.25, 0.3) is 0 Å². The average molecular weight is 884 g/mol. The van der Waals surface area contributed by atoms with E-state index in [2.05, 4.69) is 13.8 Å². The van der Waals surface area contributed by atoms with Gasteiger partial charge >= 0.3 is 19.8 Å². The van der Waals surface area contributed by atoms with E-state index >= 15 is 0 Å². The molecule has 14 nitrogen and oxygen atoms in total. The van der Waals surface area contributed by atoms with Crippen LogP contribution in [0.25, 0.3) is 0 Å². The van der Waals surface area contributed by atoms with Crippen molar-refractivity contribution in [2.75, 3.05) is 13.2 Å². The molecule has 1 aliphatic rings. The molecular formula is C45H90NO13P. The van der Waals surface area contributed by atoms with Crippen LogP contribution < -0.4 is 6.15 Å². The third kappa shape index (κ3) is 30.0. The summed E-state index contributed by atoms with van der Waals surface area (Å²) in [7, 11) is -5.11. The third-order valence-corrected chi connectivity index (χ3v) is 12.4. The lowest BCUT2D eigenvalue weighted by Crippen LogP contribution is -2.64. The van der Waals surface area contributed by atoms with E-state index in [1.54, 1.807) is 0 Å². The van der Waals surface area contributed by atoms with Gasteiger partial charge in [0.2, 0.25) is 0 Å². The van der Waals surface area contributed by atoms with Gasteiger partial charge in [-0.2, -0.15) is 0 Å². The molecular weight excluding hydrogens is 793 g/mol. The van der Waals surface area contributed by atoms with Gasteiger partial charge in [-0.15, -0.1) is 0 Å². The molecule has 3 unspecified atom stereocenters. The number of rotatable bonds is 40. The lowest BCUT2D eigenvalue weighted by Gasteiger charge is -2.41. The molecule has 1 saturated carbocycles. The number of phosphoric ester groups is 1.